The van der Waals surface area contributed by atoms with Gasteiger partial charge in [0.25, 0.3) is 0 Å². The molecule has 0 unspecified atom stereocenters. The number of carbonyl (C=O) groups is 1. The molecule has 2 aromatic heterocycles. The van der Waals surface area contributed by atoms with Crippen LogP contribution in [0.2, 0.25) is 0 Å². The minimum absolute atomic E-state index is 0.178. The lowest BCUT2D eigenvalue weighted by Crippen LogP contribution is -2.36. The Kier molecular flexibility index (Phi) is 5.03. The summed E-state index contributed by atoms with van der Waals surface area (Å²) < 4.78 is 7.20. The number of benzene rings is 1. The molecular weight excluding hydrogens is 364 g/mol. The molecule has 1 aromatic carbocycles. The van der Waals surface area contributed by atoms with Crippen molar-refractivity contribution >= 4 is 22.6 Å². The Morgan fingerprint density at radius 3 is 2.79 bits per heavy atom. The molecule has 0 saturated carbocycles. The van der Waals surface area contributed by atoms with Gasteiger partial charge < -0.3 is 9.64 Å². The number of carbonyl (C=O) groups excluding carboxylic acids is 1. The lowest BCUT2D eigenvalue weighted by molar-refractivity contribution is -0.118. The van der Waals surface area contributed by atoms with Gasteiger partial charge in [0.15, 0.2) is 5.65 Å². The summed E-state index contributed by atoms with van der Waals surface area (Å²) in [5.41, 5.74) is 7.53. The van der Waals surface area contributed by atoms with Gasteiger partial charge in [-0.15, -0.1) is 5.10 Å². The predicted octanol–water partition coefficient (Wildman–Crippen LogP) is 3.81. The van der Waals surface area contributed by atoms with E-state index in [0.717, 1.165) is 52.9 Å². The number of aryl methyl sites for hydroxylation is 5. The van der Waals surface area contributed by atoms with Crippen LogP contribution in [0.15, 0.2) is 18.2 Å². The first-order valence-electron chi connectivity index (χ1n) is 10.2. The number of ether oxygens (including phenoxy) is 1. The summed E-state index contributed by atoms with van der Waals surface area (Å²) in [6, 6.07) is 6.31. The van der Waals surface area contributed by atoms with Crippen molar-refractivity contribution in [3.05, 3.63) is 46.1 Å². The topological polar surface area (TPSA) is 60.2 Å². The summed E-state index contributed by atoms with van der Waals surface area (Å²) in [6.07, 6.45) is 3.18. The molecule has 0 aliphatic carbocycles. The zero-order chi connectivity index (χ0) is 20.7. The maximum Gasteiger partial charge on any atom is 0.242 e. The maximum absolute atomic E-state index is 13.2. The van der Waals surface area contributed by atoms with Crippen molar-refractivity contribution in [3.63, 3.8) is 0 Å². The van der Waals surface area contributed by atoms with Crippen molar-refractivity contribution in [1.29, 1.82) is 0 Å². The van der Waals surface area contributed by atoms with Gasteiger partial charge in [-0.25, -0.2) is 9.67 Å². The molecule has 29 heavy (non-hydrogen) atoms. The van der Waals surface area contributed by atoms with E-state index in [2.05, 4.69) is 37.1 Å². The Morgan fingerprint density at radius 2 is 2.03 bits per heavy atom. The number of amides is 1. The lowest BCUT2D eigenvalue weighted by atomic mass is 9.96. The molecule has 0 spiro atoms. The van der Waals surface area contributed by atoms with Crippen molar-refractivity contribution in [2.24, 2.45) is 7.05 Å². The molecule has 1 amide bonds. The van der Waals surface area contributed by atoms with E-state index in [4.69, 9.17) is 9.72 Å². The van der Waals surface area contributed by atoms with E-state index in [1.54, 1.807) is 11.8 Å². The van der Waals surface area contributed by atoms with E-state index in [1.165, 1.54) is 11.1 Å². The van der Waals surface area contributed by atoms with E-state index in [-0.39, 0.29) is 5.91 Å². The van der Waals surface area contributed by atoms with Gasteiger partial charge in [-0.1, -0.05) is 18.2 Å². The number of para-hydroxylation sites is 1. The van der Waals surface area contributed by atoms with E-state index >= 15 is 0 Å². The molecule has 0 bridgehead atoms. The van der Waals surface area contributed by atoms with Crippen molar-refractivity contribution in [2.45, 2.75) is 46.5 Å². The number of anilines is 1. The highest BCUT2D eigenvalue weighted by Gasteiger charge is 2.25. The van der Waals surface area contributed by atoms with Crippen LogP contribution in [-0.4, -0.2) is 34.3 Å². The summed E-state index contributed by atoms with van der Waals surface area (Å²) in [5.74, 6) is 0.762. The number of aromatic nitrogens is 3. The number of rotatable bonds is 4. The van der Waals surface area contributed by atoms with Crippen LogP contribution in [-0.2, 0) is 24.7 Å². The molecular formula is C23H28N4O2. The average molecular weight is 393 g/mol. The van der Waals surface area contributed by atoms with Gasteiger partial charge in [0.05, 0.1) is 12.5 Å². The van der Waals surface area contributed by atoms with Gasteiger partial charge in [-0.05, 0) is 62.3 Å². The Balaban J connectivity index is 1.62. The third-order valence-electron chi connectivity index (χ3n) is 6.03. The second kappa shape index (κ2) is 7.50. The minimum Gasteiger partial charge on any atom is -0.479 e. The zero-order valence-corrected chi connectivity index (χ0v) is 17.9. The fourth-order valence-corrected chi connectivity index (χ4v) is 4.57. The van der Waals surface area contributed by atoms with Crippen LogP contribution in [0.4, 0.5) is 5.69 Å². The van der Waals surface area contributed by atoms with Crippen LogP contribution in [0.5, 0.6) is 5.88 Å². The molecule has 3 aromatic rings. The first-order valence-corrected chi connectivity index (χ1v) is 10.2. The van der Waals surface area contributed by atoms with Crippen LogP contribution in [0, 0.1) is 20.8 Å². The summed E-state index contributed by atoms with van der Waals surface area (Å²) in [5, 5.41) is 5.34. The molecule has 6 nitrogen and oxygen atoms in total. The molecule has 3 heterocycles. The molecule has 6 heteroatoms. The summed E-state index contributed by atoms with van der Waals surface area (Å²) in [7, 11) is 3.50. The van der Waals surface area contributed by atoms with Crippen molar-refractivity contribution in [2.75, 3.05) is 18.6 Å². The van der Waals surface area contributed by atoms with E-state index in [9.17, 15) is 4.79 Å². The third kappa shape index (κ3) is 3.26. The van der Waals surface area contributed by atoms with Gasteiger partial charge in [-0.3, -0.25) is 4.79 Å². The Bertz CT molecular complexity index is 1100. The Hall–Kier alpha value is -2.89. The van der Waals surface area contributed by atoms with E-state index in [1.807, 2.05) is 18.9 Å². The second-order valence-electron chi connectivity index (χ2n) is 7.86. The van der Waals surface area contributed by atoms with Gasteiger partial charge in [0.2, 0.25) is 11.8 Å². The van der Waals surface area contributed by atoms with Gasteiger partial charge >= 0.3 is 0 Å². The molecule has 1 aliphatic heterocycles. The average Bonchev–Trinajstić information content (AvgIpc) is 3.03. The van der Waals surface area contributed by atoms with Crippen LogP contribution in [0.1, 0.15) is 40.8 Å². The van der Waals surface area contributed by atoms with Crippen molar-refractivity contribution in [3.8, 4) is 5.88 Å². The summed E-state index contributed by atoms with van der Waals surface area (Å²) in [4.78, 5) is 19.9. The SMILES string of the molecule is COc1nn(C)c2nc(C)c(CCC(=O)N3CCCc4cccc(C)c43)c(C)c12. The molecule has 0 radical (unpaired) electrons. The normalized spacial score (nSPS) is 13.6. The minimum atomic E-state index is 0.178. The van der Waals surface area contributed by atoms with Crippen LogP contribution < -0.4 is 9.64 Å². The number of fused-ring (bicyclic) bond motifs is 2. The molecule has 0 saturated heterocycles. The van der Waals surface area contributed by atoms with Crippen LogP contribution in [0.3, 0.4) is 0 Å². The standard InChI is InChI=1S/C23H28N4O2/c1-14-8-6-9-17-10-7-13-27(21(14)17)19(28)12-11-18-15(2)20-22(24-16(18)3)26(4)25-23(20)29-5/h6,8-9H,7,10-13H2,1-5H3. The first-order chi connectivity index (χ1) is 13.9. The maximum atomic E-state index is 13.2. The third-order valence-corrected chi connectivity index (χ3v) is 6.03. The Morgan fingerprint density at radius 1 is 1.24 bits per heavy atom. The highest BCUT2D eigenvalue weighted by molar-refractivity contribution is 5.95. The monoisotopic (exact) mass is 392 g/mol. The first kappa shape index (κ1) is 19.4. The highest BCUT2D eigenvalue weighted by Crippen LogP contribution is 2.33. The van der Waals surface area contributed by atoms with Gasteiger partial charge in [-0.2, -0.15) is 0 Å². The second-order valence-corrected chi connectivity index (χ2v) is 7.86. The highest BCUT2D eigenvalue weighted by atomic mass is 16.5. The lowest BCUT2D eigenvalue weighted by Gasteiger charge is -2.31. The van der Waals surface area contributed by atoms with E-state index in [0.29, 0.717) is 18.7 Å². The van der Waals surface area contributed by atoms with Crippen molar-refractivity contribution < 1.29 is 9.53 Å². The fourth-order valence-electron chi connectivity index (χ4n) is 4.57. The number of hydrogen-bond acceptors (Lipinski definition) is 4. The van der Waals surface area contributed by atoms with Gasteiger partial charge in [0.1, 0.15) is 0 Å². The predicted molar refractivity (Wildman–Crippen MR) is 115 cm³/mol. The number of methoxy groups -OCH3 is 1. The smallest absolute Gasteiger partial charge is 0.242 e. The zero-order valence-electron chi connectivity index (χ0n) is 17.9. The number of hydrogen-bond donors (Lipinski definition) is 0. The van der Waals surface area contributed by atoms with Crippen LogP contribution >= 0.6 is 0 Å². The summed E-state index contributed by atoms with van der Waals surface area (Å²) >= 11 is 0. The number of nitrogens with zero attached hydrogens (tertiary/aromatic N) is 4. The number of pyridine rings is 1. The molecule has 4 rings (SSSR count). The molecule has 0 atom stereocenters. The largest absolute Gasteiger partial charge is 0.479 e. The Labute approximate surface area is 171 Å². The van der Waals surface area contributed by atoms with Gasteiger partial charge in [0, 0.05) is 31.4 Å². The quantitative estimate of drug-likeness (QED) is 0.677. The molecule has 1 aliphatic rings. The molecule has 152 valence electrons. The van der Waals surface area contributed by atoms with Crippen molar-refractivity contribution in [1.82, 2.24) is 14.8 Å². The van der Waals surface area contributed by atoms with E-state index < -0.39 is 0 Å². The fraction of sp³-hybridized carbons (Fsp3) is 0.435. The molecule has 0 N–H and O–H groups in total. The van der Waals surface area contributed by atoms with Crippen LogP contribution in [0.25, 0.3) is 11.0 Å². The summed E-state index contributed by atoms with van der Waals surface area (Å²) in [6.45, 7) is 6.96. The molecule has 0 fully saturated rings.